The molecule has 1 fully saturated rings. The first-order valence-electron chi connectivity index (χ1n) is 9.12. The molecule has 3 rings (SSSR count). The molecule has 1 amide bonds. The lowest BCUT2D eigenvalue weighted by Gasteiger charge is -2.23. The summed E-state index contributed by atoms with van der Waals surface area (Å²) in [4.78, 5) is 26.8. The number of hydrogen-bond donors (Lipinski definition) is 1. The molecule has 1 aromatic carbocycles. The zero-order valence-electron chi connectivity index (χ0n) is 15.9. The lowest BCUT2D eigenvalue weighted by molar-refractivity contribution is -0.140. The summed E-state index contributed by atoms with van der Waals surface area (Å²) in [5.74, 6) is -0.678. The van der Waals surface area contributed by atoms with E-state index in [9.17, 15) is 14.7 Å². The highest BCUT2D eigenvalue weighted by molar-refractivity contribution is 6.46. The van der Waals surface area contributed by atoms with Crippen molar-refractivity contribution in [1.29, 1.82) is 0 Å². The lowest BCUT2D eigenvalue weighted by Crippen LogP contribution is -2.31. The van der Waals surface area contributed by atoms with Gasteiger partial charge in [0.15, 0.2) is 0 Å². The molecule has 0 radical (unpaired) electrons. The van der Waals surface area contributed by atoms with Crippen LogP contribution in [0.15, 0.2) is 52.7 Å². The van der Waals surface area contributed by atoms with Crippen LogP contribution in [0.4, 0.5) is 0 Å². The van der Waals surface area contributed by atoms with E-state index in [1.54, 1.807) is 43.5 Å². The second kappa shape index (κ2) is 8.75. The monoisotopic (exact) mass is 385 g/mol. The molecule has 1 aliphatic rings. The first-order chi connectivity index (χ1) is 13.6. The highest BCUT2D eigenvalue weighted by Crippen LogP contribution is 2.39. The number of methoxy groups -OCH3 is 1. The molecular formula is C21H23NO6. The number of aliphatic hydroxyl groups excluding tert-OH is 1. The van der Waals surface area contributed by atoms with E-state index in [0.29, 0.717) is 43.3 Å². The molecule has 1 atom stereocenters. The van der Waals surface area contributed by atoms with Crippen molar-refractivity contribution >= 4 is 17.4 Å². The molecule has 1 aromatic heterocycles. The van der Waals surface area contributed by atoms with E-state index in [2.05, 4.69) is 0 Å². The third-order valence-electron chi connectivity index (χ3n) is 4.52. The Kier molecular flexibility index (Phi) is 6.16. The van der Waals surface area contributed by atoms with Gasteiger partial charge in [0.2, 0.25) is 0 Å². The van der Waals surface area contributed by atoms with Crippen LogP contribution in [-0.4, -0.2) is 48.6 Å². The van der Waals surface area contributed by atoms with E-state index in [1.807, 2.05) is 6.92 Å². The number of rotatable bonds is 8. The SMILES string of the molecule is CCOc1cccc(C(O)=C2C(=O)C(=O)N(CCCOC)[C@@H]2c2ccco2)c1. The van der Waals surface area contributed by atoms with Crippen LogP contribution in [0.1, 0.15) is 30.7 Å². The van der Waals surface area contributed by atoms with E-state index >= 15 is 0 Å². The minimum absolute atomic E-state index is 0.00557. The summed E-state index contributed by atoms with van der Waals surface area (Å²) in [6.45, 7) is 3.08. The van der Waals surface area contributed by atoms with E-state index in [1.165, 1.54) is 11.2 Å². The average Bonchev–Trinajstić information content (AvgIpc) is 3.30. The first-order valence-corrected chi connectivity index (χ1v) is 9.12. The Labute approximate surface area is 163 Å². The van der Waals surface area contributed by atoms with Crippen molar-refractivity contribution in [2.24, 2.45) is 0 Å². The Morgan fingerprint density at radius 3 is 2.75 bits per heavy atom. The smallest absolute Gasteiger partial charge is 0.295 e. The molecule has 1 N–H and O–H groups in total. The third kappa shape index (κ3) is 3.80. The van der Waals surface area contributed by atoms with Crippen molar-refractivity contribution in [3.63, 3.8) is 0 Å². The van der Waals surface area contributed by atoms with Crippen LogP contribution in [-0.2, 0) is 14.3 Å². The summed E-state index contributed by atoms with van der Waals surface area (Å²) in [7, 11) is 1.57. The number of Topliss-reactive ketones (excluding diaryl/α,β-unsaturated/α-hetero) is 1. The van der Waals surface area contributed by atoms with Crippen molar-refractivity contribution in [2.45, 2.75) is 19.4 Å². The predicted molar refractivity (Wildman–Crippen MR) is 102 cm³/mol. The minimum Gasteiger partial charge on any atom is -0.507 e. The van der Waals surface area contributed by atoms with E-state index in [0.717, 1.165) is 0 Å². The number of aliphatic hydroxyl groups is 1. The quantitative estimate of drug-likeness (QED) is 0.325. The summed E-state index contributed by atoms with van der Waals surface area (Å²) in [5, 5.41) is 10.9. The minimum atomic E-state index is -0.789. The fourth-order valence-corrected chi connectivity index (χ4v) is 3.29. The van der Waals surface area contributed by atoms with Gasteiger partial charge in [-0.1, -0.05) is 12.1 Å². The average molecular weight is 385 g/mol. The number of furan rings is 1. The van der Waals surface area contributed by atoms with Gasteiger partial charge in [-0.15, -0.1) is 0 Å². The van der Waals surface area contributed by atoms with Gasteiger partial charge in [0, 0.05) is 25.8 Å². The van der Waals surface area contributed by atoms with Crippen molar-refractivity contribution < 1.29 is 28.6 Å². The molecule has 0 bridgehead atoms. The van der Waals surface area contributed by atoms with Gasteiger partial charge in [0.25, 0.3) is 11.7 Å². The standard InChI is InChI=1S/C21H23NO6/c1-3-27-15-8-4-7-14(13-15)19(23)17-18(16-9-5-12-28-16)22(10-6-11-26-2)21(25)20(17)24/h4-5,7-9,12-13,18,23H,3,6,10-11H2,1-2H3/t18-/m1/s1. The molecule has 7 heteroatoms. The van der Waals surface area contributed by atoms with Crippen molar-refractivity contribution in [2.75, 3.05) is 26.9 Å². The fraction of sp³-hybridized carbons (Fsp3) is 0.333. The second-order valence-corrected chi connectivity index (χ2v) is 6.32. The topological polar surface area (TPSA) is 89.2 Å². The molecule has 2 aromatic rings. The van der Waals surface area contributed by atoms with E-state index in [4.69, 9.17) is 13.9 Å². The van der Waals surface area contributed by atoms with Gasteiger partial charge in [-0.2, -0.15) is 0 Å². The molecule has 0 saturated carbocycles. The number of carbonyl (C=O) groups is 2. The normalized spacial score (nSPS) is 18.6. The molecule has 1 saturated heterocycles. The maximum Gasteiger partial charge on any atom is 0.295 e. The second-order valence-electron chi connectivity index (χ2n) is 6.32. The molecule has 28 heavy (non-hydrogen) atoms. The number of likely N-dealkylation sites (tertiary alicyclic amines) is 1. The maximum atomic E-state index is 12.8. The van der Waals surface area contributed by atoms with Crippen LogP contribution in [0.2, 0.25) is 0 Å². The summed E-state index contributed by atoms with van der Waals surface area (Å²) in [5.41, 5.74) is 0.406. The number of hydrogen-bond acceptors (Lipinski definition) is 6. The van der Waals surface area contributed by atoms with Crippen LogP contribution in [0.3, 0.4) is 0 Å². The lowest BCUT2D eigenvalue weighted by atomic mass is 9.99. The van der Waals surface area contributed by atoms with Gasteiger partial charge in [0.1, 0.15) is 23.3 Å². The highest BCUT2D eigenvalue weighted by atomic mass is 16.5. The first kappa shape index (κ1) is 19.7. The van der Waals surface area contributed by atoms with Crippen LogP contribution in [0.5, 0.6) is 5.75 Å². The molecule has 0 unspecified atom stereocenters. The van der Waals surface area contributed by atoms with Crippen LogP contribution >= 0.6 is 0 Å². The molecule has 0 spiro atoms. The summed E-state index contributed by atoms with van der Waals surface area (Å²) in [6.07, 6.45) is 2.03. The van der Waals surface area contributed by atoms with E-state index < -0.39 is 17.7 Å². The van der Waals surface area contributed by atoms with Crippen LogP contribution < -0.4 is 4.74 Å². The summed E-state index contributed by atoms with van der Waals surface area (Å²) >= 11 is 0. The Morgan fingerprint density at radius 1 is 1.25 bits per heavy atom. The Hall–Kier alpha value is -3.06. The zero-order valence-corrected chi connectivity index (χ0v) is 15.9. The van der Waals surface area contributed by atoms with Crippen LogP contribution in [0, 0.1) is 0 Å². The third-order valence-corrected chi connectivity index (χ3v) is 4.52. The van der Waals surface area contributed by atoms with Crippen molar-refractivity contribution in [1.82, 2.24) is 4.90 Å². The number of carbonyl (C=O) groups excluding carboxylic acids is 2. The predicted octanol–water partition coefficient (Wildman–Crippen LogP) is 3.14. The van der Waals surface area contributed by atoms with Gasteiger partial charge in [0.05, 0.1) is 18.4 Å². The maximum absolute atomic E-state index is 12.8. The van der Waals surface area contributed by atoms with Gasteiger partial charge in [-0.3, -0.25) is 9.59 Å². The van der Waals surface area contributed by atoms with E-state index in [-0.39, 0.29) is 11.3 Å². The van der Waals surface area contributed by atoms with Crippen molar-refractivity contribution in [3.8, 4) is 5.75 Å². The van der Waals surface area contributed by atoms with Gasteiger partial charge in [-0.05, 0) is 37.6 Å². The Balaban J connectivity index is 2.05. The number of benzene rings is 1. The summed E-state index contributed by atoms with van der Waals surface area (Å²) in [6, 6.07) is 9.35. The number of ether oxygens (including phenoxy) is 2. The molecule has 0 aliphatic carbocycles. The molecule has 2 heterocycles. The Bertz CT molecular complexity index is 871. The summed E-state index contributed by atoms with van der Waals surface area (Å²) < 4.78 is 16.0. The number of ketones is 1. The molecule has 1 aliphatic heterocycles. The Morgan fingerprint density at radius 2 is 2.07 bits per heavy atom. The molecular weight excluding hydrogens is 362 g/mol. The van der Waals surface area contributed by atoms with Gasteiger partial charge >= 0.3 is 0 Å². The van der Waals surface area contributed by atoms with Crippen LogP contribution in [0.25, 0.3) is 5.76 Å². The highest BCUT2D eigenvalue weighted by Gasteiger charge is 2.47. The zero-order chi connectivity index (χ0) is 20.1. The number of nitrogens with zero attached hydrogens (tertiary/aromatic N) is 1. The van der Waals surface area contributed by atoms with Crippen molar-refractivity contribution in [3.05, 3.63) is 59.6 Å². The van der Waals surface area contributed by atoms with Gasteiger partial charge < -0.3 is 23.9 Å². The fourth-order valence-electron chi connectivity index (χ4n) is 3.29. The largest absolute Gasteiger partial charge is 0.507 e. The van der Waals surface area contributed by atoms with Gasteiger partial charge in [-0.25, -0.2) is 0 Å². The number of amides is 1. The molecule has 148 valence electrons. The molecule has 7 nitrogen and oxygen atoms in total.